The number of rotatable bonds is 10. The van der Waals surface area contributed by atoms with Crippen molar-refractivity contribution in [3.8, 4) is 22.9 Å². The van der Waals surface area contributed by atoms with Crippen LogP contribution in [0, 0.1) is 0 Å². The molecule has 7 rings (SSSR count). The molecule has 226 valence electrons. The second kappa shape index (κ2) is 12.9. The van der Waals surface area contributed by atoms with E-state index in [2.05, 4.69) is 10.2 Å². The molecule has 0 aliphatic carbocycles. The lowest BCUT2D eigenvalue weighted by Crippen LogP contribution is -2.19. The molecule has 2 aliphatic heterocycles. The average Bonchev–Trinajstić information content (AvgIpc) is 3.89. The summed E-state index contributed by atoms with van der Waals surface area (Å²) in [5, 5.41) is 8.68. The number of aromatic nitrogens is 2. The summed E-state index contributed by atoms with van der Waals surface area (Å²) < 4.78 is 29.7. The standard InChI is InChI=1S/C36H32N4O5/c1-41-31(23-11-5-3-6-12-23)29-21-43-33(37-29)25-15-9-17-27(19-25)35-39-40-36(45-35)28-18-10-16-26(20-28)34-38-30(22-44-34)32(42-2)24-13-7-4-8-14-24/h3-20,29-32H,21-22H2,1-2H3/t29-,30-,31+,32+/m0/s1. The van der Waals surface area contributed by atoms with Crippen molar-refractivity contribution in [2.45, 2.75) is 24.3 Å². The molecule has 4 atom stereocenters. The quantitative estimate of drug-likeness (QED) is 0.181. The van der Waals surface area contributed by atoms with E-state index >= 15 is 0 Å². The Kier molecular flexibility index (Phi) is 8.18. The van der Waals surface area contributed by atoms with Gasteiger partial charge in [0.05, 0.1) is 0 Å². The van der Waals surface area contributed by atoms with Crippen LogP contribution >= 0.6 is 0 Å². The van der Waals surface area contributed by atoms with Gasteiger partial charge < -0.3 is 23.4 Å². The molecular formula is C36H32N4O5. The molecule has 0 amide bonds. The molecular weight excluding hydrogens is 568 g/mol. The third-order valence-corrected chi connectivity index (χ3v) is 7.95. The Balaban J connectivity index is 1.09. The number of benzene rings is 4. The first-order valence-electron chi connectivity index (χ1n) is 14.8. The van der Waals surface area contributed by atoms with E-state index in [1.165, 1.54) is 0 Å². The molecule has 0 saturated carbocycles. The highest BCUT2D eigenvalue weighted by atomic mass is 16.5. The van der Waals surface area contributed by atoms with Crippen LogP contribution in [0.15, 0.2) is 124 Å². The van der Waals surface area contributed by atoms with E-state index in [9.17, 15) is 0 Å². The molecule has 45 heavy (non-hydrogen) atoms. The lowest BCUT2D eigenvalue weighted by Gasteiger charge is -2.18. The number of hydrogen-bond donors (Lipinski definition) is 0. The van der Waals surface area contributed by atoms with Crippen LogP contribution in [0.4, 0.5) is 0 Å². The van der Waals surface area contributed by atoms with Gasteiger partial charge in [0, 0.05) is 36.5 Å². The number of nitrogens with zero attached hydrogens (tertiary/aromatic N) is 4. The Morgan fingerprint density at radius 1 is 0.556 bits per heavy atom. The van der Waals surface area contributed by atoms with Gasteiger partial charge in [0.15, 0.2) is 0 Å². The van der Waals surface area contributed by atoms with E-state index in [1.807, 2.05) is 109 Å². The molecule has 0 N–H and O–H groups in total. The van der Waals surface area contributed by atoms with E-state index in [1.54, 1.807) is 14.2 Å². The minimum Gasteiger partial charge on any atom is -0.475 e. The fraction of sp³-hybridized carbons (Fsp3) is 0.222. The summed E-state index contributed by atoms with van der Waals surface area (Å²) in [7, 11) is 3.39. The third kappa shape index (κ3) is 6.00. The predicted octanol–water partition coefficient (Wildman–Crippen LogP) is 6.47. The molecule has 2 aliphatic rings. The fourth-order valence-electron chi connectivity index (χ4n) is 5.75. The van der Waals surface area contributed by atoms with Crippen LogP contribution in [-0.2, 0) is 18.9 Å². The second-order valence-corrected chi connectivity index (χ2v) is 10.8. The highest BCUT2D eigenvalue weighted by Gasteiger charge is 2.31. The first kappa shape index (κ1) is 28.6. The highest BCUT2D eigenvalue weighted by molar-refractivity contribution is 5.97. The van der Waals surface area contributed by atoms with E-state index in [-0.39, 0.29) is 24.3 Å². The number of ether oxygens (including phenoxy) is 4. The normalized spacial score (nSPS) is 18.9. The molecule has 0 saturated heterocycles. The number of methoxy groups -OCH3 is 2. The third-order valence-electron chi connectivity index (χ3n) is 7.95. The monoisotopic (exact) mass is 600 g/mol. The maximum Gasteiger partial charge on any atom is 0.248 e. The minimum atomic E-state index is -0.196. The average molecular weight is 601 g/mol. The first-order valence-corrected chi connectivity index (χ1v) is 14.8. The topological polar surface area (TPSA) is 101 Å². The van der Waals surface area contributed by atoms with Crippen LogP contribution in [0.2, 0.25) is 0 Å². The van der Waals surface area contributed by atoms with E-state index in [0.29, 0.717) is 36.8 Å². The van der Waals surface area contributed by atoms with Crippen molar-refractivity contribution in [2.24, 2.45) is 9.98 Å². The molecule has 0 radical (unpaired) electrons. The Hall–Kier alpha value is -5.12. The van der Waals surface area contributed by atoms with Gasteiger partial charge >= 0.3 is 0 Å². The molecule has 5 aromatic rings. The molecule has 3 heterocycles. The van der Waals surface area contributed by atoms with Crippen LogP contribution in [-0.4, -0.2) is 61.5 Å². The zero-order valence-corrected chi connectivity index (χ0v) is 24.9. The zero-order chi connectivity index (χ0) is 30.6. The Labute approximate surface area is 261 Å². The largest absolute Gasteiger partial charge is 0.475 e. The van der Waals surface area contributed by atoms with Crippen LogP contribution in [0.25, 0.3) is 22.9 Å². The number of aliphatic imine (C=N–C) groups is 2. The lowest BCUT2D eigenvalue weighted by molar-refractivity contribution is 0.0717. The van der Waals surface area contributed by atoms with Gasteiger partial charge in [-0.05, 0) is 47.5 Å². The molecule has 9 heteroatoms. The Bertz CT molecular complexity index is 1690. The maximum absolute atomic E-state index is 6.14. The first-order chi connectivity index (χ1) is 22.2. The SMILES string of the molecule is CO[C@H](c1ccccc1)[C@@H]1COC(c2cccc(-c3nnc(-c4cccc(C5=N[C@H]([C@H](OC)c6ccccc6)CO5)c4)o3)c2)=N1. The van der Waals surface area contributed by atoms with Crippen molar-refractivity contribution >= 4 is 11.8 Å². The lowest BCUT2D eigenvalue weighted by atomic mass is 10.0. The number of hydrogen-bond acceptors (Lipinski definition) is 9. The predicted molar refractivity (Wildman–Crippen MR) is 170 cm³/mol. The van der Waals surface area contributed by atoms with Crippen molar-refractivity contribution in [3.63, 3.8) is 0 Å². The Morgan fingerprint density at radius 2 is 0.978 bits per heavy atom. The van der Waals surface area contributed by atoms with Gasteiger partial charge in [0.1, 0.15) is 37.5 Å². The molecule has 0 unspecified atom stereocenters. The Morgan fingerprint density at radius 3 is 1.40 bits per heavy atom. The van der Waals surface area contributed by atoms with Crippen molar-refractivity contribution in [3.05, 3.63) is 131 Å². The van der Waals surface area contributed by atoms with Crippen molar-refractivity contribution < 1.29 is 23.4 Å². The van der Waals surface area contributed by atoms with Crippen molar-refractivity contribution in [1.29, 1.82) is 0 Å². The van der Waals surface area contributed by atoms with Gasteiger partial charge in [-0.2, -0.15) is 0 Å². The van der Waals surface area contributed by atoms with Gasteiger partial charge in [-0.15, -0.1) is 10.2 Å². The summed E-state index contributed by atoms with van der Waals surface area (Å²) in [6.45, 7) is 0.865. The molecule has 0 bridgehead atoms. The summed E-state index contributed by atoms with van der Waals surface area (Å²) in [6, 6.07) is 35.3. The van der Waals surface area contributed by atoms with E-state index in [0.717, 1.165) is 33.4 Å². The molecule has 4 aromatic carbocycles. The van der Waals surface area contributed by atoms with Gasteiger partial charge in [0.2, 0.25) is 23.6 Å². The van der Waals surface area contributed by atoms with Crippen LogP contribution in [0.5, 0.6) is 0 Å². The minimum absolute atomic E-state index is 0.152. The maximum atomic E-state index is 6.14. The van der Waals surface area contributed by atoms with Gasteiger partial charge in [-0.3, -0.25) is 0 Å². The van der Waals surface area contributed by atoms with Crippen LogP contribution < -0.4 is 0 Å². The summed E-state index contributed by atoms with van der Waals surface area (Å²) in [4.78, 5) is 9.70. The van der Waals surface area contributed by atoms with Crippen LogP contribution in [0.1, 0.15) is 34.5 Å². The highest BCUT2D eigenvalue weighted by Crippen LogP contribution is 2.31. The summed E-state index contributed by atoms with van der Waals surface area (Å²) >= 11 is 0. The van der Waals surface area contributed by atoms with Gasteiger partial charge in [0.25, 0.3) is 0 Å². The van der Waals surface area contributed by atoms with Gasteiger partial charge in [-0.25, -0.2) is 9.98 Å². The summed E-state index contributed by atoms with van der Waals surface area (Å²) in [5.41, 5.74) is 5.31. The molecule has 0 spiro atoms. The van der Waals surface area contributed by atoms with E-state index < -0.39 is 0 Å². The van der Waals surface area contributed by atoms with Crippen molar-refractivity contribution in [1.82, 2.24) is 10.2 Å². The second-order valence-electron chi connectivity index (χ2n) is 10.8. The fourth-order valence-corrected chi connectivity index (χ4v) is 5.75. The van der Waals surface area contributed by atoms with E-state index in [4.69, 9.17) is 33.3 Å². The van der Waals surface area contributed by atoms with Crippen molar-refractivity contribution in [2.75, 3.05) is 27.4 Å². The smallest absolute Gasteiger partial charge is 0.248 e. The summed E-state index contributed by atoms with van der Waals surface area (Å²) in [6.07, 6.45) is -0.393. The molecule has 1 aromatic heterocycles. The zero-order valence-electron chi connectivity index (χ0n) is 24.9. The van der Waals surface area contributed by atoms with Gasteiger partial charge in [-0.1, -0.05) is 72.8 Å². The van der Waals surface area contributed by atoms with Crippen LogP contribution in [0.3, 0.4) is 0 Å². The summed E-state index contributed by atoms with van der Waals surface area (Å²) in [5.74, 6) is 1.91. The molecule has 9 nitrogen and oxygen atoms in total. The molecule has 0 fully saturated rings.